The summed E-state index contributed by atoms with van der Waals surface area (Å²) in [6.45, 7) is 7.19. The van der Waals surface area contributed by atoms with E-state index in [4.69, 9.17) is 9.47 Å². The second-order valence-corrected chi connectivity index (χ2v) is 6.42. The Balaban J connectivity index is 1.84. The highest BCUT2D eigenvalue weighted by molar-refractivity contribution is 7.98. The van der Waals surface area contributed by atoms with E-state index in [1.54, 1.807) is 4.57 Å². The Morgan fingerprint density at radius 2 is 2.30 bits per heavy atom. The number of nitrogens with zero attached hydrogens (tertiary/aromatic N) is 2. The maximum absolute atomic E-state index is 11.6. The third kappa shape index (κ3) is 3.24. The maximum atomic E-state index is 11.6. The third-order valence-electron chi connectivity index (χ3n) is 3.78. The third-order valence-corrected chi connectivity index (χ3v) is 4.80. The van der Waals surface area contributed by atoms with E-state index in [0.29, 0.717) is 24.1 Å². The highest BCUT2D eigenvalue weighted by atomic mass is 32.2. The molecule has 1 atom stereocenters. The zero-order valence-corrected chi connectivity index (χ0v) is 14.4. The molecule has 124 valence electrons. The number of fused-ring (bicyclic) bond motifs is 1. The van der Waals surface area contributed by atoms with Crippen LogP contribution in [0.4, 0.5) is 0 Å². The van der Waals surface area contributed by atoms with Gasteiger partial charge in [0, 0.05) is 29.8 Å². The highest BCUT2D eigenvalue weighted by Crippen LogP contribution is 2.37. The molecule has 1 aromatic carbocycles. The fourth-order valence-electron chi connectivity index (χ4n) is 2.72. The molecule has 2 aromatic rings. The van der Waals surface area contributed by atoms with Crippen LogP contribution in [0.25, 0.3) is 0 Å². The van der Waals surface area contributed by atoms with E-state index in [0.717, 1.165) is 23.5 Å². The molecular weight excluding hydrogens is 314 g/mol. The summed E-state index contributed by atoms with van der Waals surface area (Å²) in [6.07, 6.45) is 1.12. The molecule has 0 fully saturated rings. The lowest BCUT2D eigenvalue weighted by molar-refractivity contribution is 0.254. The van der Waals surface area contributed by atoms with E-state index in [2.05, 4.69) is 29.3 Å². The van der Waals surface area contributed by atoms with Crippen molar-refractivity contribution >= 4 is 11.8 Å². The van der Waals surface area contributed by atoms with E-state index in [-0.39, 0.29) is 11.8 Å². The summed E-state index contributed by atoms with van der Waals surface area (Å²) >= 11 is 1.52. The molecule has 2 heterocycles. The molecule has 3 rings (SSSR count). The Labute approximate surface area is 139 Å². The van der Waals surface area contributed by atoms with E-state index >= 15 is 0 Å². The van der Waals surface area contributed by atoms with Gasteiger partial charge in [-0.05, 0) is 32.9 Å². The number of nitrogens with one attached hydrogen (secondary N) is 1. The van der Waals surface area contributed by atoms with Crippen molar-refractivity contribution in [3.63, 3.8) is 0 Å². The Bertz CT molecular complexity index is 754. The first-order chi connectivity index (χ1) is 11.1. The van der Waals surface area contributed by atoms with E-state index in [1.165, 1.54) is 17.3 Å². The zero-order valence-electron chi connectivity index (χ0n) is 13.6. The average molecular weight is 335 g/mol. The SMILES string of the molecule is CCOc1cc2c(cc1CSc1n[nH]c(=O)n1CC)O[C@H](C)C2. The molecule has 0 spiro atoms. The van der Waals surface area contributed by atoms with Crippen LogP contribution in [0.2, 0.25) is 0 Å². The Kier molecular flexibility index (Phi) is 4.66. The van der Waals surface area contributed by atoms with Crippen LogP contribution >= 0.6 is 11.8 Å². The first-order valence-corrected chi connectivity index (χ1v) is 8.84. The molecule has 0 saturated heterocycles. The van der Waals surface area contributed by atoms with Crippen molar-refractivity contribution in [1.82, 2.24) is 14.8 Å². The first kappa shape index (κ1) is 16.0. The van der Waals surface area contributed by atoms with E-state index in [1.807, 2.05) is 13.8 Å². The minimum atomic E-state index is -0.175. The van der Waals surface area contributed by atoms with Gasteiger partial charge in [0.1, 0.15) is 17.6 Å². The Hall–Kier alpha value is -1.89. The van der Waals surface area contributed by atoms with Crippen LogP contribution < -0.4 is 15.2 Å². The molecule has 0 bridgehead atoms. The normalized spacial score (nSPS) is 16.2. The van der Waals surface area contributed by atoms with Crippen molar-refractivity contribution in [3.8, 4) is 11.5 Å². The number of hydrogen-bond acceptors (Lipinski definition) is 5. The topological polar surface area (TPSA) is 69.1 Å². The molecule has 0 radical (unpaired) electrons. The lowest BCUT2D eigenvalue weighted by Gasteiger charge is -2.12. The van der Waals surface area contributed by atoms with Crippen molar-refractivity contribution < 1.29 is 9.47 Å². The second-order valence-electron chi connectivity index (χ2n) is 5.48. The quantitative estimate of drug-likeness (QED) is 0.822. The van der Waals surface area contributed by atoms with Crippen LogP contribution in [0.3, 0.4) is 0 Å². The van der Waals surface area contributed by atoms with Gasteiger partial charge in [0.2, 0.25) is 0 Å². The van der Waals surface area contributed by atoms with Crippen molar-refractivity contribution in [2.75, 3.05) is 6.61 Å². The number of H-pyrrole nitrogens is 1. The molecule has 1 aromatic heterocycles. The van der Waals surface area contributed by atoms with Gasteiger partial charge in [0.25, 0.3) is 0 Å². The van der Waals surface area contributed by atoms with E-state index in [9.17, 15) is 4.79 Å². The lowest BCUT2D eigenvalue weighted by Crippen LogP contribution is -2.16. The van der Waals surface area contributed by atoms with Crippen LogP contribution in [0, 0.1) is 0 Å². The highest BCUT2D eigenvalue weighted by Gasteiger charge is 2.22. The maximum Gasteiger partial charge on any atom is 0.343 e. The van der Waals surface area contributed by atoms with Gasteiger partial charge in [-0.1, -0.05) is 11.8 Å². The standard InChI is InChI=1S/C16H21N3O3S/c1-4-19-15(20)17-18-16(19)23-9-12-8-14-11(6-10(3)22-14)7-13(12)21-5-2/h7-8,10H,4-6,9H2,1-3H3,(H,17,20)/t10-/m1/s1. The van der Waals surface area contributed by atoms with Crippen molar-refractivity contribution in [3.05, 3.63) is 33.7 Å². The van der Waals surface area contributed by atoms with Gasteiger partial charge in [-0.2, -0.15) is 0 Å². The predicted octanol–water partition coefficient (Wildman–Crippen LogP) is 2.61. The molecule has 1 N–H and O–H groups in total. The monoisotopic (exact) mass is 335 g/mol. The molecule has 0 aliphatic carbocycles. The fourth-order valence-corrected chi connectivity index (χ4v) is 3.71. The van der Waals surface area contributed by atoms with Crippen molar-refractivity contribution in [1.29, 1.82) is 0 Å². The molecule has 0 saturated carbocycles. The second kappa shape index (κ2) is 6.70. The lowest BCUT2D eigenvalue weighted by atomic mass is 10.1. The van der Waals surface area contributed by atoms with Crippen molar-refractivity contribution in [2.24, 2.45) is 0 Å². The number of rotatable bonds is 6. The minimum absolute atomic E-state index is 0.175. The molecule has 23 heavy (non-hydrogen) atoms. The number of ether oxygens (including phenoxy) is 2. The zero-order chi connectivity index (χ0) is 16.4. The molecule has 0 amide bonds. The molecule has 7 heteroatoms. The molecule has 1 aliphatic rings. The average Bonchev–Trinajstić information content (AvgIpc) is 3.06. The summed E-state index contributed by atoms with van der Waals surface area (Å²) in [5.74, 6) is 2.49. The molecular formula is C16H21N3O3S. The van der Waals surface area contributed by atoms with Gasteiger partial charge in [-0.15, -0.1) is 5.10 Å². The Morgan fingerprint density at radius 3 is 3.04 bits per heavy atom. The van der Waals surface area contributed by atoms with Gasteiger partial charge >= 0.3 is 5.69 Å². The molecule has 6 nitrogen and oxygen atoms in total. The number of aromatic amines is 1. The molecule has 1 aliphatic heterocycles. The van der Waals surface area contributed by atoms with Crippen LogP contribution in [0.1, 0.15) is 31.9 Å². The summed E-state index contributed by atoms with van der Waals surface area (Å²) in [5, 5.41) is 7.26. The summed E-state index contributed by atoms with van der Waals surface area (Å²) in [7, 11) is 0. The van der Waals surface area contributed by atoms with Gasteiger partial charge < -0.3 is 9.47 Å². The minimum Gasteiger partial charge on any atom is -0.494 e. The van der Waals surface area contributed by atoms with E-state index < -0.39 is 0 Å². The number of thioether (sulfide) groups is 1. The number of benzene rings is 1. The number of aromatic nitrogens is 3. The van der Waals surface area contributed by atoms with Crippen LogP contribution in [-0.4, -0.2) is 27.5 Å². The fraction of sp³-hybridized carbons (Fsp3) is 0.500. The summed E-state index contributed by atoms with van der Waals surface area (Å²) < 4.78 is 13.2. The summed E-state index contributed by atoms with van der Waals surface area (Å²) in [5.41, 5.74) is 2.08. The number of hydrogen-bond donors (Lipinski definition) is 1. The van der Waals surface area contributed by atoms with Crippen LogP contribution in [-0.2, 0) is 18.7 Å². The largest absolute Gasteiger partial charge is 0.494 e. The summed E-state index contributed by atoms with van der Waals surface area (Å²) in [6, 6.07) is 4.13. The Morgan fingerprint density at radius 1 is 1.48 bits per heavy atom. The van der Waals surface area contributed by atoms with Gasteiger partial charge in [-0.25, -0.2) is 9.89 Å². The van der Waals surface area contributed by atoms with Crippen molar-refractivity contribution in [2.45, 2.75) is 50.8 Å². The van der Waals surface area contributed by atoms with Gasteiger partial charge in [0.05, 0.1) is 6.61 Å². The van der Waals surface area contributed by atoms with Crippen LogP contribution in [0.5, 0.6) is 11.5 Å². The summed E-state index contributed by atoms with van der Waals surface area (Å²) in [4.78, 5) is 11.6. The molecule has 0 unspecified atom stereocenters. The van der Waals surface area contributed by atoms with Gasteiger partial charge in [0.15, 0.2) is 5.16 Å². The van der Waals surface area contributed by atoms with Crippen LogP contribution in [0.15, 0.2) is 22.1 Å². The smallest absolute Gasteiger partial charge is 0.343 e. The van der Waals surface area contributed by atoms with Gasteiger partial charge in [-0.3, -0.25) is 4.57 Å². The predicted molar refractivity (Wildman–Crippen MR) is 89.5 cm³/mol. The first-order valence-electron chi connectivity index (χ1n) is 7.85.